The molecule has 92 valence electrons. The molecule has 2 N–H and O–H groups in total. The number of hydrogen-bond donors (Lipinski definition) is 1. The number of amides is 1. The molecule has 17 heavy (non-hydrogen) atoms. The van der Waals surface area contributed by atoms with Gasteiger partial charge in [-0.2, -0.15) is 0 Å². The number of ether oxygens (including phenoxy) is 1. The third kappa shape index (κ3) is 2.58. The van der Waals surface area contributed by atoms with Gasteiger partial charge in [0.2, 0.25) is 0 Å². The van der Waals surface area contributed by atoms with E-state index in [1.807, 2.05) is 31.2 Å². The van der Waals surface area contributed by atoms with Gasteiger partial charge < -0.3 is 15.4 Å². The summed E-state index contributed by atoms with van der Waals surface area (Å²) in [4.78, 5) is 13.4. The third-order valence-corrected chi connectivity index (χ3v) is 3.05. The van der Waals surface area contributed by atoms with Crippen LogP contribution in [0.15, 0.2) is 24.3 Å². The van der Waals surface area contributed by atoms with E-state index in [1.54, 1.807) is 4.90 Å². The maximum absolute atomic E-state index is 11.6. The monoisotopic (exact) mass is 234 g/mol. The molecule has 2 rings (SSSR count). The van der Waals surface area contributed by atoms with Crippen molar-refractivity contribution in [1.29, 1.82) is 0 Å². The number of nitrogens with zero attached hydrogens (tertiary/aromatic N) is 1. The lowest BCUT2D eigenvalue weighted by Gasteiger charge is -2.12. The molecule has 1 atom stereocenters. The van der Waals surface area contributed by atoms with E-state index >= 15 is 0 Å². The Balaban J connectivity index is 2.06. The number of rotatable bonds is 4. The summed E-state index contributed by atoms with van der Waals surface area (Å²) < 4.78 is 5.38. The fourth-order valence-electron chi connectivity index (χ4n) is 2.08. The van der Waals surface area contributed by atoms with Crippen LogP contribution in [0.1, 0.15) is 23.7 Å². The van der Waals surface area contributed by atoms with Crippen molar-refractivity contribution in [1.82, 2.24) is 4.90 Å². The Kier molecular flexibility index (Phi) is 3.64. The minimum atomic E-state index is -0.230. The van der Waals surface area contributed by atoms with Crippen LogP contribution < -0.4 is 5.73 Å². The fraction of sp³-hybridized carbons (Fsp3) is 0.462. The maximum atomic E-state index is 11.6. The van der Waals surface area contributed by atoms with Crippen molar-refractivity contribution in [2.75, 3.05) is 19.6 Å². The number of aryl methyl sites for hydroxylation is 1. The zero-order valence-corrected chi connectivity index (χ0v) is 10.1. The van der Waals surface area contributed by atoms with Gasteiger partial charge in [-0.05, 0) is 31.0 Å². The lowest BCUT2D eigenvalue weighted by atomic mass is 10.0. The molecule has 0 aromatic heterocycles. The lowest BCUT2D eigenvalue weighted by molar-refractivity contribution is 0.132. The van der Waals surface area contributed by atoms with E-state index in [2.05, 4.69) is 0 Å². The Morgan fingerprint density at radius 1 is 1.47 bits per heavy atom. The molecule has 0 spiro atoms. The third-order valence-electron chi connectivity index (χ3n) is 3.05. The molecule has 4 nitrogen and oxygen atoms in total. The Morgan fingerprint density at radius 3 is 2.94 bits per heavy atom. The van der Waals surface area contributed by atoms with Crippen LogP contribution in [-0.2, 0) is 4.74 Å². The van der Waals surface area contributed by atoms with Crippen LogP contribution in [-0.4, -0.2) is 30.6 Å². The van der Waals surface area contributed by atoms with E-state index in [0.29, 0.717) is 19.6 Å². The van der Waals surface area contributed by atoms with E-state index in [9.17, 15) is 4.79 Å². The zero-order valence-electron chi connectivity index (χ0n) is 10.1. The second-order valence-corrected chi connectivity index (χ2v) is 4.32. The predicted molar refractivity (Wildman–Crippen MR) is 65.6 cm³/mol. The molecule has 1 saturated heterocycles. The molecule has 1 aliphatic heterocycles. The standard InChI is InChI=1S/C13H18N2O2/c1-10-5-2-3-6-11(10)12-9-15(8-4-7-14)13(16)17-12/h2-3,5-6,12H,4,7-9,14H2,1H3. The molecule has 1 amide bonds. The molecular formula is C13H18N2O2. The van der Waals surface area contributed by atoms with E-state index in [1.165, 1.54) is 0 Å². The van der Waals surface area contributed by atoms with Crippen molar-refractivity contribution in [3.05, 3.63) is 35.4 Å². The summed E-state index contributed by atoms with van der Waals surface area (Å²) in [7, 11) is 0. The molecule has 1 aromatic rings. The van der Waals surface area contributed by atoms with Gasteiger partial charge in [0.15, 0.2) is 0 Å². The normalized spacial score (nSPS) is 19.5. The molecule has 1 fully saturated rings. The van der Waals surface area contributed by atoms with Gasteiger partial charge in [-0.1, -0.05) is 24.3 Å². The number of nitrogens with two attached hydrogens (primary N) is 1. The highest BCUT2D eigenvalue weighted by molar-refractivity contribution is 5.70. The molecule has 1 heterocycles. The van der Waals surface area contributed by atoms with Crippen molar-refractivity contribution in [2.24, 2.45) is 5.73 Å². The van der Waals surface area contributed by atoms with Crippen LogP contribution in [0.2, 0.25) is 0 Å². The highest BCUT2D eigenvalue weighted by Crippen LogP contribution is 2.28. The predicted octanol–water partition coefficient (Wildman–Crippen LogP) is 1.84. The molecular weight excluding hydrogens is 216 g/mol. The second-order valence-electron chi connectivity index (χ2n) is 4.32. The minimum Gasteiger partial charge on any atom is -0.439 e. The van der Waals surface area contributed by atoms with Crippen molar-refractivity contribution in [2.45, 2.75) is 19.4 Å². The van der Waals surface area contributed by atoms with Crippen molar-refractivity contribution in [3.63, 3.8) is 0 Å². The van der Waals surface area contributed by atoms with E-state index in [-0.39, 0.29) is 12.2 Å². The van der Waals surface area contributed by atoms with Gasteiger partial charge in [-0.3, -0.25) is 0 Å². The molecule has 1 aliphatic rings. The number of hydrogen-bond acceptors (Lipinski definition) is 3. The molecule has 0 aliphatic carbocycles. The van der Waals surface area contributed by atoms with Gasteiger partial charge in [-0.25, -0.2) is 4.79 Å². The first-order valence-corrected chi connectivity index (χ1v) is 5.93. The summed E-state index contributed by atoms with van der Waals surface area (Å²) in [6, 6.07) is 8.01. The smallest absolute Gasteiger partial charge is 0.410 e. The van der Waals surface area contributed by atoms with Crippen molar-refractivity contribution in [3.8, 4) is 0 Å². The summed E-state index contributed by atoms with van der Waals surface area (Å²) >= 11 is 0. The topological polar surface area (TPSA) is 55.6 Å². The molecule has 1 aromatic carbocycles. The summed E-state index contributed by atoms with van der Waals surface area (Å²) in [6.07, 6.45) is 0.448. The molecule has 0 saturated carbocycles. The Bertz CT molecular complexity index is 406. The average Bonchev–Trinajstić information content (AvgIpc) is 2.68. The van der Waals surface area contributed by atoms with Crippen LogP contribution in [0.25, 0.3) is 0 Å². The number of benzene rings is 1. The van der Waals surface area contributed by atoms with Crippen LogP contribution in [0, 0.1) is 6.92 Å². The van der Waals surface area contributed by atoms with E-state index in [0.717, 1.165) is 17.5 Å². The summed E-state index contributed by atoms with van der Waals surface area (Å²) in [5.74, 6) is 0. The fourth-order valence-corrected chi connectivity index (χ4v) is 2.08. The maximum Gasteiger partial charge on any atom is 0.410 e. The Labute approximate surface area is 101 Å². The average molecular weight is 234 g/mol. The van der Waals surface area contributed by atoms with Gasteiger partial charge in [0.05, 0.1) is 6.54 Å². The first kappa shape index (κ1) is 11.9. The van der Waals surface area contributed by atoms with E-state index < -0.39 is 0 Å². The van der Waals surface area contributed by atoms with Crippen LogP contribution in [0.4, 0.5) is 4.79 Å². The van der Waals surface area contributed by atoms with Gasteiger partial charge in [0, 0.05) is 6.54 Å². The van der Waals surface area contributed by atoms with E-state index in [4.69, 9.17) is 10.5 Å². The highest BCUT2D eigenvalue weighted by Gasteiger charge is 2.32. The molecule has 1 unspecified atom stereocenters. The SMILES string of the molecule is Cc1ccccc1C1CN(CCCN)C(=O)O1. The number of carbonyl (C=O) groups is 1. The summed E-state index contributed by atoms with van der Waals surface area (Å²) in [5.41, 5.74) is 7.70. The zero-order chi connectivity index (χ0) is 12.3. The first-order valence-electron chi connectivity index (χ1n) is 5.93. The van der Waals surface area contributed by atoms with Crippen LogP contribution >= 0.6 is 0 Å². The number of cyclic esters (lactones) is 1. The van der Waals surface area contributed by atoms with Crippen LogP contribution in [0.5, 0.6) is 0 Å². The second kappa shape index (κ2) is 5.19. The van der Waals surface area contributed by atoms with Crippen molar-refractivity contribution < 1.29 is 9.53 Å². The highest BCUT2D eigenvalue weighted by atomic mass is 16.6. The van der Waals surface area contributed by atoms with Crippen LogP contribution in [0.3, 0.4) is 0 Å². The quantitative estimate of drug-likeness (QED) is 0.864. The van der Waals surface area contributed by atoms with Gasteiger partial charge in [0.1, 0.15) is 6.10 Å². The Hall–Kier alpha value is -1.55. The molecule has 0 bridgehead atoms. The van der Waals surface area contributed by atoms with Gasteiger partial charge in [0.25, 0.3) is 0 Å². The van der Waals surface area contributed by atoms with Gasteiger partial charge in [-0.15, -0.1) is 0 Å². The Morgan fingerprint density at radius 2 is 2.24 bits per heavy atom. The van der Waals surface area contributed by atoms with Crippen molar-refractivity contribution >= 4 is 6.09 Å². The largest absolute Gasteiger partial charge is 0.439 e. The summed E-state index contributed by atoms with van der Waals surface area (Å²) in [6.45, 7) is 3.94. The van der Waals surface area contributed by atoms with Gasteiger partial charge >= 0.3 is 6.09 Å². The summed E-state index contributed by atoms with van der Waals surface area (Å²) in [5, 5.41) is 0. The minimum absolute atomic E-state index is 0.138. The first-order chi connectivity index (χ1) is 8.22. The molecule has 0 radical (unpaired) electrons. The molecule has 4 heteroatoms. The lowest BCUT2D eigenvalue weighted by Crippen LogP contribution is -2.27. The number of carbonyl (C=O) groups excluding carboxylic acids is 1.